The molecule has 0 saturated heterocycles. The standard InChI is InChI=1S/C15H18N2O3/c1-11-6-8-17(9-7-11)15(20)16-13-5-3-2-4-12(13)10-14(18)19/h2-6H,7-10H2,1H3,(H,16,20)(H,18,19). The minimum Gasteiger partial charge on any atom is -0.481 e. The molecule has 2 N–H and O–H groups in total. The molecule has 1 aromatic carbocycles. The van der Waals surface area contributed by atoms with Crippen molar-refractivity contribution in [3.63, 3.8) is 0 Å². The lowest BCUT2D eigenvalue weighted by Gasteiger charge is -2.26. The number of hydrogen-bond acceptors (Lipinski definition) is 2. The number of carboxylic acid groups (broad SMARTS) is 1. The van der Waals surface area contributed by atoms with Crippen LogP contribution in [0.1, 0.15) is 18.9 Å². The molecule has 20 heavy (non-hydrogen) atoms. The van der Waals surface area contributed by atoms with Gasteiger partial charge in [-0.05, 0) is 25.0 Å². The Labute approximate surface area is 117 Å². The number of nitrogens with one attached hydrogen (secondary N) is 1. The van der Waals surface area contributed by atoms with Crippen LogP contribution in [-0.2, 0) is 11.2 Å². The quantitative estimate of drug-likeness (QED) is 0.832. The van der Waals surface area contributed by atoms with E-state index in [2.05, 4.69) is 12.2 Å². The average molecular weight is 274 g/mol. The van der Waals surface area contributed by atoms with Gasteiger partial charge in [-0.25, -0.2) is 4.79 Å². The van der Waals surface area contributed by atoms with Crippen molar-refractivity contribution >= 4 is 17.7 Å². The molecule has 1 aromatic rings. The molecule has 1 aliphatic heterocycles. The van der Waals surface area contributed by atoms with Crippen LogP contribution in [0.5, 0.6) is 0 Å². The Kier molecular flexibility index (Phi) is 4.40. The van der Waals surface area contributed by atoms with Gasteiger partial charge in [0, 0.05) is 18.8 Å². The van der Waals surface area contributed by atoms with E-state index >= 15 is 0 Å². The summed E-state index contributed by atoms with van der Waals surface area (Å²) in [5.41, 5.74) is 2.46. The average Bonchev–Trinajstić information content (AvgIpc) is 2.41. The van der Waals surface area contributed by atoms with Crippen LogP contribution < -0.4 is 5.32 Å². The number of amides is 2. The van der Waals surface area contributed by atoms with Crippen LogP contribution in [-0.4, -0.2) is 35.1 Å². The first-order valence-electron chi connectivity index (χ1n) is 6.57. The van der Waals surface area contributed by atoms with Crippen LogP contribution in [0.2, 0.25) is 0 Å². The van der Waals surface area contributed by atoms with E-state index < -0.39 is 5.97 Å². The third-order valence-corrected chi connectivity index (χ3v) is 3.32. The first kappa shape index (κ1) is 14.1. The molecule has 106 valence electrons. The van der Waals surface area contributed by atoms with Crippen molar-refractivity contribution < 1.29 is 14.7 Å². The van der Waals surface area contributed by atoms with E-state index in [0.29, 0.717) is 24.3 Å². The number of carbonyl (C=O) groups is 2. The molecule has 0 atom stereocenters. The molecule has 2 amide bonds. The van der Waals surface area contributed by atoms with Gasteiger partial charge in [0.1, 0.15) is 0 Å². The fourth-order valence-corrected chi connectivity index (χ4v) is 2.11. The van der Waals surface area contributed by atoms with Gasteiger partial charge in [-0.1, -0.05) is 29.8 Å². The van der Waals surface area contributed by atoms with Crippen molar-refractivity contribution in [2.45, 2.75) is 19.8 Å². The maximum absolute atomic E-state index is 12.2. The van der Waals surface area contributed by atoms with Crippen LogP contribution in [0.4, 0.5) is 10.5 Å². The van der Waals surface area contributed by atoms with Crippen molar-refractivity contribution in [1.82, 2.24) is 4.90 Å². The van der Waals surface area contributed by atoms with Crippen LogP contribution in [0.3, 0.4) is 0 Å². The summed E-state index contributed by atoms with van der Waals surface area (Å²) < 4.78 is 0. The number of anilines is 1. The molecule has 0 unspecified atom stereocenters. The fraction of sp³-hybridized carbons (Fsp3) is 0.333. The van der Waals surface area contributed by atoms with Crippen molar-refractivity contribution in [3.05, 3.63) is 41.5 Å². The Morgan fingerprint density at radius 1 is 1.35 bits per heavy atom. The highest BCUT2D eigenvalue weighted by Crippen LogP contribution is 2.17. The van der Waals surface area contributed by atoms with E-state index in [9.17, 15) is 9.59 Å². The molecule has 5 heteroatoms. The van der Waals surface area contributed by atoms with Crippen molar-refractivity contribution in [2.24, 2.45) is 0 Å². The summed E-state index contributed by atoms with van der Waals surface area (Å²) in [5.74, 6) is -0.914. The van der Waals surface area contributed by atoms with E-state index in [1.54, 1.807) is 29.2 Å². The molecule has 0 aliphatic carbocycles. The number of carbonyl (C=O) groups excluding carboxylic acids is 1. The lowest BCUT2D eigenvalue weighted by atomic mass is 10.1. The third-order valence-electron chi connectivity index (χ3n) is 3.32. The molecule has 1 heterocycles. The minimum atomic E-state index is -0.914. The number of rotatable bonds is 3. The maximum Gasteiger partial charge on any atom is 0.322 e. The van der Waals surface area contributed by atoms with E-state index in [0.717, 1.165) is 6.42 Å². The summed E-state index contributed by atoms with van der Waals surface area (Å²) in [6.45, 7) is 3.34. The molecular weight excluding hydrogens is 256 g/mol. The van der Waals surface area contributed by atoms with E-state index in [1.165, 1.54) is 5.57 Å². The lowest BCUT2D eigenvalue weighted by Crippen LogP contribution is -2.38. The number of urea groups is 1. The van der Waals surface area contributed by atoms with E-state index in [4.69, 9.17) is 5.11 Å². The third kappa shape index (κ3) is 3.60. The second-order valence-electron chi connectivity index (χ2n) is 4.90. The lowest BCUT2D eigenvalue weighted by molar-refractivity contribution is -0.136. The number of benzene rings is 1. The monoisotopic (exact) mass is 274 g/mol. The zero-order chi connectivity index (χ0) is 14.5. The maximum atomic E-state index is 12.2. The zero-order valence-corrected chi connectivity index (χ0v) is 11.4. The highest BCUT2D eigenvalue weighted by atomic mass is 16.4. The van der Waals surface area contributed by atoms with Crippen LogP contribution in [0, 0.1) is 0 Å². The van der Waals surface area contributed by atoms with E-state index in [-0.39, 0.29) is 12.5 Å². The molecule has 0 spiro atoms. The van der Waals surface area contributed by atoms with Crippen LogP contribution in [0.25, 0.3) is 0 Å². The first-order chi connectivity index (χ1) is 9.56. The van der Waals surface area contributed by atoms with Gasteiger partial charge in [0.05, 0.1) is 6.42 Å². The van der Waals surface area contributed by atoms with Crippen molar-refractivity contribution in [1.29, 1.82) is 0 Å². The summed E-state index contributed by atoms with van der Waals surface area (Å²) in [4.78, 5) is 24.7. The molecule has 5 nitrogen and oxygen atoms in total. The van der Waals surface area contributed by atoms with Gasteiger partial charge in [0.2, 0.25) is 0 Å². The minimum absolute atomic E-state index is 0.102. The van der Waals surface area contributed by atoms with Crippen LogP contribution >= 0.6 is 0 Å². The van der Waals surface area contributed by atoms with Gasteiger partial charge in [-0.3, -0.25) is 4.79 Å². The molecule has 0 bridgehead atoms. The van der Waals surface area contributed by atoms with Crippen molar-refractivity contribution in [3.8, 4) is 0 Å². The number of nitrogens with zero attached hydrogens (tertiary/aromatic N) is 1. The highest BCUT2D eigenvalue weighted by molar-refractivity contribution is 5.91. The van der Waals surface area contributed by atoms with Gasteiger partial charge in [0.25, 0.3) is 0 Å². The topological polar surface area (TPSA) is 69.6 Å². The summed E-state index contributed by atoms with van der Waals surface area (Å²) in [7, 11) is 0. The molecule has 0 saturated carbocycles. The van der Waals surface area contributed by atoms with Crippen LogP contribution in [0.15, 0.2) is 35.9 Å². The highest BCUT2D eigenvalue weighted by Gasteiger charge is 2.17. The van der Waals surface area contributed by atoms with Gasteiger partial charge >= 0.3 is 12.0 Å². The molecule has 2 rings (SSSR count). The number of hydrogen-bond donors (Lipinski definition) is 2. The Balaban J connectivity index is 2.06. The Hall–Kier alpha value is -2.30. The number of carboxylic acids is 1. The predicted molar refractivity (Wildman–Crippen MR) is 76.7 cm³/mol. The number of aliphatic carboxylic acids is 1. The second-order valence-corrected chi connectivity index (χ2v) is 4.90. The fourth-order valence-electron chi connectivity index (χ4n) is 2.11. The summed E-state index contributed by atoms with van der Waals surface area (Å²) in [6.07, 6.45) is 2.81. The number of para-hydroxylation sites is 1. The van der Waals surface area contributed by atoms with Gasteiger partial charge in [-0.2, -0.15) is 0 Å². The molecule has 0 fully saturated rings. The molecule has 0 aromatic heterocycles. The zero-order valence-electron chi connectivity index (χ0n) is 11.4. The van der Waals surface area contributed by atoms with Crippen molar-refractivity contribution in [2.75, 3.05) is 18.4 Å². The van der Waals surface area contributed by atoms with Gasteiger partial charge in [0.15, 0.2) is 0 Å². The van der Waals surface area contributed by atoms with E-state index in [1.807, 2.05) is 6.08 Å². The Morgan fingerprint density at radius 2 is 2.10 bits per heavy atom. The SMILES string of the molecule is CC1=CCN(C(=O)Nc2ccccc2CC(=O)O)CC1. The summed E-state index contributed by atoms with van der Waals surface area (Å²) in [6, 6.07) is 6.79. The van der Waals surface area contributed by atoms with Gasteiger partial charge in [-0.15, -0.1) is 0 Å². The molecule has 0 radical (unpaired) electrons. The Morgan fingerprint density at radius 3 is 2.75 bits per heavy atom. The normalized spacial score (nSPS) is 14.7. The smallest absolute Gasteiger partial charge is 0.322 e. The van der Waals surface area contributed by atoms with Gasteiger partial charge < -0.3 is 15.3 Å². The predicted octanol–water partition coefficient (Wildman–Crippen LogP) is 2.50. The largest absolute Gasteiger partial charge is 0.481 e. The first-order valence-corrected chi connectivity index (χ1v) is 6.57. The molecular formula is C15H18N2O3. The second kappa shape index (κ2) is 6.23. The Bertz CT molecular complexity index is 552. The molecule has 1 aliphatic rings. The summed E-state index contributed by atoms with van der Waals surface area (Å²) >= 11 is 0. The summed E-state index contributed by atoms with van der Waals surface area (Å²) in [5, 5.41) is 11.7.